The number of hydrogen-bond acceptors (Lipinski definition) is 4. The van der Waals surface area contributed by atoms with Crippen molar-refractivity contribution < 1.29 is 8.42 Å². The minimum absolute atomic E-state index is 0. The highest BCUT2D eigenvalue weighted by Crippen LogP contribution is 2.25. The van der Waals surface area contributed by atoms with E-state index in [1.54, 1.807) is 22.6 Å². The van der Waals surface area contributed by atoms with E-state index in [0.29, 0.717) is 35.6 Å². The van der Waals surface area contributed by atoms with E-state index >= 15 is 0 Å². The second kappa shape index (κ2) is 5.69. The Hall–Kier alpha value is -1.15. The van der Waals surface area contributed by atoms with Gasteiger partial charge in [-0.3, -0.25) is 0 Å². The number of rotatable bonds is 2. The van der Waals surface area contributed by atoms with Gasteiger partial charge in [0, 0.05) is 43.5 Å². The standard InChI is InChI=1S/C12H16N4O2S.ClH/c1-9-7-13-5-6-16(9)19(17,18)11-8-15-12-10(11)3-2-4-14-12;/h2-4,8-9,13H,5-7H2,1H3,(H,14,15);1H/t9-;/m0./s1. The van der Waals surface area contributed by atoms with Crippen LogP contribution in [0, 0.1) is 0 Å². The van der Waals surface area contributed by atoms with E-state index in [-0.39, 0.29) is 18.4 Å². The Bertz CT molecular complexity index is 700. The summed E-state index contributed by atoms with van der Waals surface area (Å²) < 4.78 is 27.0. The molecule has 8 heteroatoms. The predicted molar refractivity (Wildman–Crippen MR) is 79.6 cm³/mol. The zero-order valence-corrected chi connectivity index (χ0v) is 12.7. The van der Waals surface area contributed by atoms with Crippen LogP contribution in [-0.4, -0.2) is 48.4 Å². The molecule has 1 aliphatic rings. The molecule has 2 N–H and O–H groups in total. The Kier molecular flexibility index (Phi) is 4.33. The molecule has 1 fully saturated rings. The van der Waals surface area contributed by atoms with Crippen molar-refractivity contribution >= 4 is 33.5 Å². The highest BCUT2D eigenvalue weighted by Gasteiger charge is 2.32. The van der Waals surface area contributed by atoms with Gasteiger partial charge >= 0.3 is 0 Å². The summed E-state index contributed by atoms with van der Waals surface area (Å²) in [5, 5.41) is 3.84. The van der Waals surface area contributed by atoms with Crippen LogP contribution in [0.1, 0.15) is 6.92 Å². The number of aromatic amines is 1. The topological polar surface area (TPSA) is 78.1 Å². The van der Waals surface area contributed by atoms with Crippen molar-refractivity contribution in [2.75, 3.05) is 19.6 Å². The first-order valence-electron chi connectivity index (χ1n) is 6.25. The average molecular weight is 317 g/mol. The van der Waals surface area contributed by atoms with E-state index in [4.69, 9.17) is 0 Å². The number of aromatic nitrogens is 2. The molecule has 0 aromatic carbocycles. The Balaban J connectivity index is 0.00000147. The molecule has 6 nitrogen and oxygen atoms in total. The van der Waals surface area contributed by atoms with Crippen molar-refractivity contribution in [3.8, 4) is 0 Å². The van der Waals surface area contributed by atoms with Gasteiger partial charge in [-0.1, -0.05) is 0 Å². The summed E-state index contributed by atoms with van der Waals surface area (Å²) >= 11 is 0. The van der Waals surface area contributed by atoms with Crippen LogP contribution in [0.15, 0.2) is 29.4 Å². The smallest absolute Gasteiger partial charge is 0.245 e. The second-order valence-corrected chi connectivity index (χ2v) is 6.58. The Morgan fingerprint density at radius 1 is 1.45 bits per heavy atom. The van der Waals surface area contributed by atoms with Crippen molar-refractivity contribution in [1.29, 1.82) is 0 Å². The highest BCUT2D eigenvalue weighted by molar-refractivity contribution is 7.89. The molecule has 0 unspecified atom stereocenters. The van der Waals surface area contributed by atoms with Crippen LogP contribution in [0.25, 0.3) is 11.0 Å². The molecule has 0 saturated carbocycles. The lowest BCUT2D eigenvalue weighted by Gasteiger charge is -2.32. The Labute approximate surface area is 124 Å². The number of nitrogens with one attached hydrogen (secondary N) is 2. The number of pyridine rings is 1. The first-order valence-corrected chi connectivity index (χ1v) is 7.69. The molecule has 0 aliphatic carbocycles. The number of H-pyrrole nitrogens is 1. The van der Waals surface area contributed by atoms with E-state index in [1.807, 2.05) is 6.92 Å². The van der Waals surface area contributed by atoms with Crippen LogP contribution >= 0.6 is 12.4 Å². The molecule has 1 atom stereocenters. The maximum absolute atomic E-state index is 12.7. The molecule has 0 spiro atoms. The van der Waals surface area contributed by atoms with E-state index in [9.17, 15) is 8.42 Å². The van der Waals surface area contributed by atoms with Gasteiger partial charge in [0.05, 0.1) is 0 Å². The largest absolute Gasteiger partial charge is 0.345 e. The number of fused-ring (bicyclic) bond motifs is 1. The van der Waals surface area contributed by atoms with Gasteiger partial charge < -0.3 is 10.3 Å². The van der Waals surface area contributed by atoms with Crippen LogP contribution in [0.4, 0.5) is 0 Å². The molecule has 0 amide bonds. The summed E-state index contributed by atoms with van der Waals surface area (Å²) in [7, 11) is -3.47. The first-order chi connectivity index (χ1) is 9.10. The van der Waals surface area contributed by atoms with Crippen LogP contribution in [-0.2, 0) is 10.0 Å². The van der Waals surface area contributed by atoms with Crippen LogP contribution < -0.4 is 5.32 Å². The number of piperazine rings is 1. The molecule has 2 aromatic heterocycles. The Morgan fingerprint density at radius 2 is 2.25 bits per heavy atom. The second-order valence-electron chi connectivity index (χ2n) is 4.72. The minimum atomic E-state index is -3.47. The van der Waals surface area contributed by atoms with Gasteiger partial charge in [0.1, 0.15) is 10.5 Å². The van der Waals surface area contributed by atoms with Gasteiger partial charge in [0.25, 0.3) is 0 Å². The summed E-state index contributed by atoms with van der Waals surface area (Å²) in [6.07, 6.45) is 3.17. The van der Waals surface area contributed by atoms with Crippen LogP contribution in [0.5, 0.6) is 0 Å². The third-order valence-electron chi connectivity index (χ3n) is 3.44. The lowest BCUT2D eigenvalue weighted by molar-refractivity contribution is 0.284. The zero-order chi connectivity index (χ0) is 13.5. The third kappa shape index (κ3) is 2.42. The maximum atomic E-state index is 12.7. The SMILES string of the molecule is C[C@H]1CNCCN1S(=O)(=O)c1c[nH]c2ncccc12.Cl. The zero-order valence-electron chi connectivity index (χ0n) is 11.0. The molecule has 0 radical (unpaired) electrons. The predicted octanol–water partition coefficient (Wildman–Crippen LogP) is 0.967. The lowest BCUT2D eigenvalue weighted by atomic mass is 10.3. The highest BCUT2D eigenvalue weighted by atomic mass is 35.5. The quantitative estimate of drug-likeness (QED) is 0.865. The van der Waals surface area contributed by atoms with Gasteiger partial charge in [-0.05, 0) is 19.1 Å². The molecule has 2 aromatic rings. The molecule has 1 saturated heterocycles. The van der Waals surface area contributed by atoms with E-state index in [2.05, 4.69) is 15.3 Å². The van der Waals surface area contributed by atoms with E-state index in [1.165, 1.54) is 6.20 Å². The third-order valence-corrected chi connectivity index (χ3v) is 5.49. The summed E-state index contributed by atoms with van der Waals surface area (Å²) in [5.41, 5.74) is 0.601. The maximum Gasteiger partial charge on any atom is 0.245 e. The van der Waals surface area contributed by atoms with Gasteiger partial charge in [-0.25, -0.2) is 13.4 Å². The van der Waals surface area contributed by atoms with Crippen LogP contribution in [0.3, 0.4) is 0 Å². The normalized spacial score (nSPS) is 20.8. The number of nitrogens with zero attached hydrogens (tertiary/aromatic N) is 2. The number of hydrogen-bond donors (Lipinski definition) is 2. The fraction of sp³-hybridized carbons (Fsp3) is 0.417. The number of sulfonamides is 1. The number of halogens is 1. The van der Waals surface area contributed by atoms with Crippen molar-refractivity contribution in [3.05, 3.63) is 24.5 Å². The van der Waals surface area contributed by atoms with Gasteiger partial charge in [-0.2, -0.15) is 4.31 Å². The van der Waals surface area contributed by atoms with Crippen molar-refractivity contribution in [2.45, 2.75) is 17.9 Å². The fourth-order valence-corrected chi connectivity index (χ4v) is 4.23. The fourth-order valence-electron chi connectivity index (χ4n) is 2.45. The van der Waals surface area contributed by atoms with Crippen LogP contribution in [0.2, 0.25) is 0 Å². The van der Waals surface area contributed by atoms with Gasteiger partial charge in [0.15, 0.2) is 0 Å². The van der Waals surface area contributed by atoms with Crippen molar-refractivity contribution in [3.63, 3.8) is 0 Å². The molecule has 0 bridgehead atoms. The molecule has 3 rings (SSSR count). The van der Waals surface area contributed by atoms with Gasteiger partial charge in [0.2, 0.25) is 10.0 Å². The summed E-state index contributed by atoms with van der Waals surface area (Å²) in [6.45, 7) is 3.78. The monoisotopic (exact) mass is 316 g/mol. The van der Waals surface area contributed by atoms with Gasteiger partial charge in [-0.15, -0.1) is 12.4 Å². The molecular weight excluding hydrogens is 300 g/mol. The summed E-state index contributed by atoms with van der Waals surface area (Å²) in [4.78, 5) is 7.35. The summed E-state index contributed by atoms with van der Waals surface area (Å²) in [6, 6.07) is 3.48. The molecule has 1 aliphatic heterocycles. The first kappa shape index (κ1) is 15.2. The molecule has 20 heavy (non-hydrogen) atoms. The van der Waals surface area contributed by atoms with Crippen molar-refractivity contribution in [2.24, 2.45) is 0 Å². The Morgan fingerprint density at radius 3 is 3.00 bits per heavy atom. The van der Waals surface area contributed by atoms with E-state index in [0.717, 1.165) is 0 Å². The molecule has 110 valence electrons. The molecule has 3 heterocycles. The van der Waals surface area contributed by atoms with Crippen molar-refractivity contribution in [1.82, 2.24) is 19.6 Å². The summed E-state index contributed by atoms with van der Waals surface area (Å²) in [5.74, 6) is 0. The molecular formula is C12H17ClN4O2S. The van der Waals surface area contributed by atoms with E-state index < -0.39 is 10.0 Å². The lowest BCUT2D eigenvalue weighted by Crippen LogP contribution is -2.52. The minimum Gasteiger partial charge on any atom is -0.345 e. The average Bonchev–Trinajstić information content (AvgIpc) is 2.83.